The first-order chi connectivity index (χ1) is 7.99. The van der Waals surface area contributed by atoms with E-state index in [1.165, 1.54) is 0 Å². The number of carbonyl (C=O) groups excluding carboxylic acids is 1. The van der Waals surface area contributed by atoms with Crippen molar-refractivity contribution in [2.45, 2.75) is 13.8 Å². The molecule has 0 bridgehead atoms. The van der Waals surface area contributed by atoms with E-state index in [1.807, 2.05) is 18.9 Å². The number of nitrogens with zero attached hydrogens (tertiary/aromatic N) is 4. The average molecular weight is 235 g/mol. The Hall–Kier alpha value is -1.85. The molecule has 2 N–H and O–H groups in total. The van der Waals surface area contributed by atoms with Crippen LogP contribution in [0.25, 0.3) is 0 Å². The van der Waals surface area contributed by atoms with Gasteiger partial charge >= 0.3 is 0 Å². The fraction of sp³-hybridized carbons (Fsp3) is 0.545. The number of likely N-dealkylation sites (N-methyl/N-ethyl adjacent to an activating group) is 1. The molecule has 17 heavy (non-hydrogen) atoms. The van der Waals surface area contributed by atoms with Gasteiger partial charge in [0.25, 0.3) is 0 Å². The Morgan fingerprint density at radius 1 is 1.24 bits per heavy atom. The Morgan fingerprint density at radius 2 is 1.94 bits per heavy atom. The van der Waals surface area contributed by atoms with Gasteiger partial charge in [0.1, 0.15) is 17.5 Å². The van der Waals surface area contributed by atoms with Crippen LogP contribution in [0, 0.1) is 13.8 Å². The maximum Gasteiger partial charge on any atom is 0.241 e. The van der Waals surface area contributed by atoms with Gasteiger partial charge in [-0.05, 0) is 13.8 Å². The number of aromatic nitrogens is 2. The van der Waals surface area contributed by atoms with Gasteiger partial charge < -0.3 is 15.5 Å². The van der Waals surface area contributed by atoms with Gasteiger partial charge in [-0.2, -0.15) is 0 Å². The van der Waals surface area contributed by atoms with Crippen LogP contribution in [0.5, 0.6) is 0 Å². The van der Waals surface area contributed by atoms with E-state index in [9.17, 15) is 4.79 Å². The van der Waals surface area contributed by atoms with Crippen molar-refractivity contribution in [3.05, 3.63) is 11.4 Å². The van der Waals surface area contributed by atoms with Crippen LogP contribution in [0.15, 0.2) is 0 Å². The molecule has 0 unspecified atom stereocenters. The normalized spacial score (nSPS) is 16.5. The summed E-state index contributed by atoms with van der Waals surface area (Å²) in [4.78, 5) is 23.8. The molecule has 2 heterocycles. The van der Waals surface area contributed by atoms with Crippen molar-refractivity contribution >= 4 is 17.5 Å². The van der Waals surface area contributed by atoms with Crippen LogP contribution >= 0.6 is 0 Å². The van der Waals surface area contributed by atoms with E-state index in [-0.39, 0.29) is 5.91 Å². The number of hydrogen-bond donors (Lipinski definition) is 1. The molecule has 92 valence electrons. The summed E-state index contributed by atoms with van der Waals surface area (Å²) < 4.78 is 0. The van der Waals surface area contributed by atoms with E-state index in [2.05, 4.69) is 9.97 Å². The number of anilines is 2. The van der Waals surface area contributed by atoms with Gasteiger partial charge in [-0.15, -0.1) is 0 Å². The molecule has 6 heteroatoms. The maximum atomic E-state index is 11.7. The zero-order valence-electron chi connectivity index (χ0n) is 10.4. The third-order valence-corrected chi connectivity index (χ3v) is 3.03. The lowest BCUT2D eigenvalue weighted by molar-refractivity contribution is -0.129. The highest BCUT2D eigenvalue weighted by Crippen LogP contribution is 2.22. The van der Waals surface area contributed by atoms with E-state index in [0.29, 0.717) is 24.7 Å². The predicted octanol–water partition coefficient (Wildman–Crippen LogP) is -0.0460. The highest BCUT2D eigenvalue weighted by Gasteiger charge is 2.24. The van der Waals surface area contributed by atoms with E-state index in [0.717, 1.165) is 17.9 Å². The quantitative estimate of drug-likeness (QED) is 0.739. The molecule has 1 aliphatic rings. The van der Waals surface area contributed by atoms with Crippen molar-refractivity contribution < 1.29 is 4.79 Å². The summed E-state index contributed by atoms with van der Waals surface area (Å²) in [5.41, 5.74) is 6.66. The van der Waals surface area contributed by atoms with Crippen molar-refractivity contribution in [2.24, 2.45) is 0 Å². The van der Waals surface area contributed by atoms with E-state index < -0.39 is 0 Å². The minimum absolute atomic E-state index is 0.102. The number of aryl methyl sites for hydroxylation is 1. The summed E-state index contributed by atoms with van der Waals surface area (Å²) in [6, 6.07) is 0. The summed E-state index contributed by atoms with van der Waals surface area (Å²) in [7, 11) is 1.81. The molecule has 0 radical (unpaired) electrons. The molecule has 6 nitrogen and oxygen atoms in total. The zero-order valence-corrected chi connectivity index (χ0v) is 10.4. The second-order valence-electron chi connectivity index (χ2n) is 4.34. The smallest absolute Gasteiger partial charge is 0.241 e. The molecule has 1 aliphatic heterocycles. The molecular weight excluding hydrogens is 218 g/mol. The number of piperazine rings is 1. The van der Waals surface area contributed by atoms with E-state index >= 15 is 0 Å². The topological polar surface area (TPSA) is 75.3 Å². The average Bonchev–Trinajstić information content (AvgIpc) is 2.27. The third kappa shape index (κ3) is 2.15. The van der Waals surface area contributed by atoms with Crippen molar-refractivity contribution in [3.8, 4) is 0 Å². The molecule has 1 amide bonds. The summed E-state index contributed by atoms with van der Waals surface area (Å²) in [5, 5.41) is 0. The molecule has 0 aliphatic carbocycles. The number of nitrogen functional groups attached to an aromatic ring is 1. The van der Waals surface area contributed by atoms with Gasteiger partial charge in [-0.1, -0.05) is 0 Å². The van der Waals surface area contributed by atoms with Crippen LogP contribution in [-0.2, 0) is 4.79 Å². The number of nitrogens with two attached hydrogens (primary N) is 1. The van der Waals surface area contributed by atoms with Crippen LogP contribution in [0.1, 0.15) is 11.4 Å². The summed E-state index contributed by atoms with van der Waals surface area (Å²) in [6.07, 6.45) is 0. The van der Waals surface area contributed by atoms with Gasteiger partial charge in [-0.3, -0.25) is 4.79 Å². The van der Waals surface area contributed by atoms with Crippen molar-refractivity contribution in [1.29, 1.82) is 0 Å². The molecule has 1 aromatic rings. The number of hydrogen-bond acceptors (Lipinski definition) is 5. The molecular formula is C11H17N5O. The molecule has 0 saturated carbocycles. The number of rotatable bonds is 1. The molecule has 0 aromatic carbocycles. The minimum atomic E-state index is 0.102. The molecule has 1 fully saturated rings. The Labute approximate surface area is 100 Å². The summed E-state index contributed by atoms with van der Waals surface area (Å²) in [6.45, 7) is 5.53. The van der Waals surface area contributed by atoms with Crippen LogP contribution in [0.2, 0.25) is 0 Å². The molecule has 2 rings (SSSR count). The lowest BCUT2D eigenvalue weighted by Gasteiger charge is -2.33. The van der Waals surface area contributed by atoms with Crippen molar-refractivity contribution in [1.82, 2.24) is 14.9 Å². The van der Waals surface area contributed by atoms with Gasteiger partial charge in [0.15, 0.2) is 0 Å². The Balaban J connectivity index is 2.32. The second kappa shape index (κ2) is 4.20. The van der Waals surface area contributed by atoms with E-state index in [4.69, 9.17) is 5.73 Å². The van der Waals surface area contributed by atoms with Gasteiger partial charge in [0.05, 0.1) is 6.54 Å². The van der Waals surface area contributed by atoms with Crippen molar-refractivity contribution in [3.63, 3.8) is 0 Å². The molecule has 0 spiro atoms. The van der Waals surface area contributed by atoms with Crippen LogP contribution in [0.3, 0.4) is 0 Å². The maximum absolute atomic E-state index is 11.7. The first-order valence-electron chi connectivity index (χ1n) is 5.58. The lowest BCUT2D eigenvalue weighted by atomic mass is 10.2. The third-order valence-electron chi connectivity index (χ3n) is 3.03. The number of amides is 1. The molecule has 1 aromatic heterocycles. The Kier molecular flexibility index (Phi) is 2.87. The highest BCUT2D eigenvalue weighted by atomic mass is 16.2. The SMILES string of the molecule is Cc1nc(N)c(C)c(N2CCN(C)C(=O)C2)n1. The van der Waals surface area contributed by atoms with Crippen LogP contribution in [-0.4, -0.2) is 47.5 Å². The molecule has 1 saturated heterocycles. The Morgan fingerprint density at radius 3 is 2.59 bits per heavy atom. The summed E-state index contributed by atoms with van der Waals surface area (Å²) in [5.74, 6) is 2.00. The van der Waals surface area contributed by atoms with Crippen LogP contribution < -0.4 is 10.6 Å². The summed E-state index contributed by atoms with van der Waals surface area (Å²) >= 11 is 0. The van der Waals surface area contributed by atoms with Crippen molar-refractivity contribution in [2.75, 3.05) is 37.3 Å². The van der Waals surface area contributed by atoms with Gasteiger partial charge in [0.2, 0.25) is 5.91 Å². The second-order valence-corrected chi connectivity index (χ2v) is 4.34. The first-order valence-corrected chi connectivity index (χ1v) is 5.58. The van der Waals surface area contributed by atoms with E-state index in [1.54, 1.807) is 11.8 Å². The lowest BCUT2D eigenvalue weighted by Crippen LogP contribution is -2.49. The Bertz CT molecular complexity index is 459. The molecule has 0 atom stereocenters. The monoisotopic (exact) mass is 235 g/mol. The zero-order chi connectivity index (χ0) is 12.6. The van der Waals surface area contributed by atoms with Gasteiger partial charge in [-0.25, -0.2) is 9.97 Å². The first kappa shape index (κ1) is 11.6. The fourth-order valence-electron chi connectivity index (χ4n) is 1.88. The highest BCUT2D eigenvalue weighted by molar-refractivity contribution is 5.82. The van der Waals surface area contributed by atoms with Crippen LogP contribution in [0.4, 0.5) is 11.6 Å². The minimum Gasteiger partial charge on any atom is -0.383 e. The standard InChI is InChI=1S/C11H17N5O/c1-7-10(12)13-8(2)14-11(7)16-5-4-15(3)9(17)6-16/h4-6H2,1-3H3,(H2,12,13,14). The largest absolute Gasteiger partial charge is 0.383 e. The number of carbonyl (C=O) groups is 1. The fourth-order valence-corrected chi connectivity index (χ4v) is 1.88. The predicted molar refractivity (Wildman–Crippen MR) is 65.8 cm³/mol. The van der Waals surface area contributed by atoms with Gasteiger partial charge in [0, 0.05) is 25.7 Å².